The zero-order valence-electron chi connectivity index (χ0n) is 25.3. The van der Waals surface area contributed by atoms with E-state index >= 15 is 0 Å². The summed E-state index contributed by atoms with van der Waals surface area (Å²) in [6.07, 6.45) is 9.59. The maximum Gasteiger partial charge on any atom is 0.348 e. The Balaban J connectivity index is 1.06. The summed E-state index contributed by atoms with van der Waals surface area (Å²) in [7, 11) is 1.39. The van der Waals surface area contributed by atoms with Crippen LogP contribution in [0.5, 0.6) is 5.88 Å². The number of aromatic nitrogens is 5. The van der Waals surface area contributed by atoms with Gasteiger partial charge in [0, 0.05) is 42.2 Å². The Morgan fingerprint density at radius 2 is 2.11 bits per heavy atom. The van der Waals surface area contributed by atoms with Crippen molar-refractivity contribution in [1.82, 2.24) is 24.1 Å². The minimum absolute atomic E-state index is 0.169. The highest BCUT2D eigenvalue weighted by Crippen LogP contribution is 2.35. The van der Waals surface area contributed by atoms with E-state index < -0.39 is 6.01 Å². The van der Waals surface area contributed by atoms with Crippen molar-refractivity contribution in [2.45, 2.75) is 52.3 Å². The smallest absolute Gasteiger partial charge is 0.348 e. The summed E-state index contributed by atoms with van der Waals surface area (Å²) in [4.78, 5) is 27.7. The molecule has 12 heteroatoms. The van der Waals surface area contributed by atoms with Gasteiger partial charge >= 0.3 is 5.97 Å². The van der Waals surface area contributed by atoms with Crippen LogP contribution in [0, 0.1) is 11.9 Å². The van der Waals surface area contributed by atoms with Crippen LogP contribution in [-0.4, -0.2) is 37.2 Å². The van der Waals surface area contributed by atoms with Crippen molar-refractivity contribution in [3.8, 4) is 5.88 Å². The number of esters is 1. The molecule has 1 unspecified atom stereocenters. The van der Waals surface area contributed by atoms with Crippen LogP contribution in [0.2, 0.25) is 5.02 Å². The number of fused-ring (bicyclic) bond motifs is 2. The fraction of sp³-hybridized carbons (Fsp3) is 0.294. The number of carbonyl (C=O) groups is 1. The topological polar surface area (TPSA) is 97.2 Å². The number of furan rings is 1. The number of thiophene rings is 1. The lowest BCUT2D eigenvalue weighted by Crippen LogP contribution is -2.15. The summed E-state index contributed by atoms with van der Waals surface area (Å²) in [5, 5.41) is 0.944. The predicted molar refractivity (Wildman–Crippen MR) is 175 cm³/mol. The number of carbonyl (C=O) groups excluding carboxylic acids is 1. The molecule has 0 N–H and O–H groups in total. The molecule has 1 aromatic carbocycles. The van der Waals surface area contributed by atoms with Crippen molar-refractivity contribution >= 4 is 55.8 Å². The largest absolute Gasteiger partial charge is 0.473 e. The summed E-state index contributed by atoms with van der Waals surface area (Å²) in [6.45, 7) is 3.71. The van der Waals surface area contributed by atoms with Gasteiger partial charge in [0.05, 0.1) is 41.9 Å². The summed E-state index contributed by atoms with van der Waals surface area (Å²) in [5.74, 6) is 1.55. The van der Waals surface area contributed by atoms with E-state index in [9.17, 15) is 9.18 Å². The molecule has 6 aromatic rings. The molecule has 1 aliphatic rings. The maximum atomic E-state index is 13.8. The third-order valence-electron chi connectivity index (χ3n) is 8.47. The van der Waals surface area contributed by atoms with Crippen molar-refractivity contribution in [2.24, 2.45) is 5.92 Å². The SMILES string of the molecule is CCn1cncc1Cn1c(CC2CC=C(c3cccc(OCc4ccc(Cl)c5cc(F)oc45)n3)CC2)nc2sc(C(=O)OC)cc21. The van der Waals surface area contributed by atoms with Gasteiger partial charge in [0.25, 0.3) is 6.01 Å². The Hall–Kier alpha value is -4.48. The normalized spacial score (nSPS) is 15.0. The molecular weight excluding hydrogens is 629 g/mol. The number of aryl methyl sites for hydroxylation is 1. The van der Waals surface area contributed by atoms with Crippen LogP contribution in [0.1, 0.15) is 58.6 Å². The molecule has 0 spiro atoms. The Morgan fingerprint density at radius 3 is 2.91 bits per heavy atom. The van der Waals surface area contributed by atoms with E-state index in [0.29, 0.717) is 44.8 Å². The van der Waals surface area contributed by atoms with Gasteiger partial charge in [-0.2, -0.15) is 4.39 Å². The lowest BCUT2D eigenvalue weighted by atomic mass is 9.86. The standard InChI is InChI=1S/C34H31ClFN5O4S/c1-3-40-19-37-16-23(40)17-41-27-15-28(34(42)43-2)46-33(27)39-30(41)13-20-7-9-21(10-8-20)26-5-4-6-31(38-26)44-18-22-11-12-25(35)24-14-29(36)45-32(22)24/h4-6,9,11-12,14-16,19-20H,3,7-8,10,13,17-18H2,1-2H3. The number of pyridine rings is 1. The van der Waals surface area contributed by atoms with Crippen molar-refractivity contribution in [1.29, 1.82) is 0 Å². The second-order valence-corrected chi connectivity index (χ2v) is 12.7. The molecule has 1 aliphatic carbocycles. The zero-order valence-corrected chi connectivity index (χ0v) is 26.9. The van der Waals surface area contributed by atoms with Crippen molar-refractivity contribution in [3.63, 3.8) is 0 Å². The molecule has 1 atom stereocenters. The van der Waals surface area contributed by atoms with Crippen LogP contribution < -0.4 is 4.74 Å². The molecule has 0 aliphatic heterocycles. The van der Waals surface area contributed by atoms with E-state index in [1.54, 1.807) is 12.1 Å². The third-order valence-corrected chi connectivity index (χ3v) is 9.80. The number of methoxy groups -OCH3 is 1. The number of rotatable bonds is 10. The molecule has 9 nitrogen and oxygen atoms in total. The molecule has 7 rings (SSSR count). The minimum atomic E-state index is -0.688. The monoisotopic (exact) mass is 659 g/mol. The molecule has 0 radical (unpaired) electrons. The van der Waals surface area contributed by atoms with Crippen molar-refractivity contribution in [2.75, 3.05) is 7.11 Å². The second kappa shape index (κ2) is 12.7. The molecular formula is C34H31ClFN5O4S. The number of ether oxygens (including phenoxy) is 2. The van der Waals surface area contributed by atoms with Gasteiger partial charge in [0.1, 0.15) is 27.7 Å². The first-order valence-electron chi connectivity index (χ1n) is 15.1. The summed E-state index contributed by atoms with van der Waals surface area (Å²) < 4.78 is 34.3. The first-order valence-corrected chi connectivity index (χ1v) is 16.3. The first kappa shape index (κ1) is 30.2. The van der Waals surface area contributed by atoms with Gasteiger partial charge in [-0.25, -0.2) is 19.7 Å². The number of nitrogens with zero attached hydrogens (tertiary/aromatic N) is 5. The van der Waals surface area contributed by atoms with Crippen LogP contribution >= 0.6 is 22.9 Å². The average Bonchev–Trinajstić information content (AvgIpc) is 3.86. The van der Waals surface area contributed by atoms with Crippen molar-refractivity contribution < 1.29 is 23.1 Å². The lowest BCUT2D eigenvalue weighted by molar-refractivity contribution is 0.0606. The molecule has 0 saturated carbocycles. The highest BCUT2D eigenvalue weighted by Gasteiger charge is 2.23. The summed E-state index contributed by atoms with van der Waals surface area (Å²) >= 11 is 7.56. The molecule has 5 heterocycles. The van der Waals surface area contributed by atoms with Crippen LogP contribution in [0.25, 0.3) is 26.9 Å². The van der Waals surface area contributed by atoms with Crippen LogP contribution in [-0.2, 0) is 30.9 Å². The van der Waals surface area contributed by atoms with Gasteiger partial charge in [0.2, 0.25) is 5.88 Å². The average molecular weight is 660 g/mol. The van der Waals surface area contributed by atoms with E-state index in [-0.39, 0.29) is 12.6 Å². The van der Waals surface area contributed by atoms with Crippen LogP contribution in [0.15, 0.2) is 65.5 Å². The number of hydrogen-bond donors (Lipinski definition) is 0. The van der Waals surface area contributed by atoms with Gasteiger partial charge in [-0.05, 0) is 55.9 Å². The summed E-state index contributed by atoms with van der Waals surface area (Å²) in [6, 6.07) is 11.7. The zero-order chi connectivity index (χ0) is 31.8. The first-order chi connectivity index (χ1) is 22.4. The van der Waals surface area contributed by atoms with Gasteiger partial charge < -0.3 is 23.0 Å². The van der Waals surface area contributed by atoms with Crippen LogP contribution in [0.4, 0.5) is 4.39 Å². The predicted octanol–water partition coefficient (Wildman–Crippen LogP) is 8.09. The molecule has 5 aromatic heterocycles. The Morgan fingerprint density at radius 1 is 1.22 bits per heavy atom. The number of allylic oxidation sites excluding steroid dienone is 2. The molecule has 0 fully saturated rings. The molecule has 0 amide bonds. The van der Waals surface area contributed by atoms with E-state index in [1.165, 1.54) is 30.1 Å². The Labute approximate surface area is 273 Å². The number of halogens is 2. The van der Waals surface area contributed by atoms with E-state index in [1.807, 2.05) is 36.8 Å². The minimum Gasteiger partial charge on any atom is -0.473 e. The fourth-order valence-electron chi connectivity index (χ4n) is 6.04. The lowest BCUT2D eigenvalue weighted by Gasteiger charge is -2.22. The van der Waals surface area contributed by atoms with Gasteiger partial charge in [-0.3, -0.25) is 0 Å². The maximum absolute atomic E-state index is 13.8. The Bertz CT molecular complexity index is 2090. The van der Waals surface area contributed by atoms with Gasteiger partial charge in [0.15, 0.2) is 0 Å². The molecule has 0 bridgehead atoms. The molecule has 236 valence electrons. The fourth-order valence-corrected chi connectivity index (χ4v) is 7.22. The van der Waals surface area contributed by atoms with Gasteiger partial charge in [-0.15, -0.1) is 11.3 Å². The van der Waals surface area contributed by atoms with Crippen LogP contribution in [0.3, 0.4) is 0 Å². The number of imidazole rings is 2. The van der Waals surface area contributed by atoms with E-state index in [0.717, 1.165) is 59.8 Å². The molecule has 46 heavy (non-hydrogen) atoms. The Kier molecular flexibility index (Phi) is 8.35. The van der Waals surface area contributed by atoms with E-state index in [4.69, 9.17) is 35.5 Å². The number of benzene rings is 1. The van der Waals surface area contributed by atoms with Crippen molar-refractivity contribution in [3.05, 3.63) is 99.8 Å². The van der Waals surface area contributed by atoms with Gasteiger partial charge in [-0.1, -0.05) is 29.8 Å². The highest BCUT2D eigenvalue weighted by atomic mass is 35.5. The number of hydrogen-bond acceptors (Lipinski definition) is 8. The quantitative estimate of drug-likeness (QED) is 0.137. The van der Waals surface area contributed by atoms with E-state index in [2.05, 4.69) is 27.1 Å². The second-order valence-electron chi connectivity index (χ2n) is 11.3. The highest BCUT2D eigenvalue weighted by molar-refractivity contribution is 7.20. The third kappa shape index (κ3) is 5.92. The summed E-state index contributed by atoms with van der Waals surface area (Å²) in [5.41, 5.74) is 5.16. The molecule has 0 saturated heterocycles.